The van der Waals surface area contributed by atoms with Gasteiger partial charge in [-0.3, -0.25) is 9.79 Å². The number of methoxy groups -OCH3 is 1. The van der Waals surface area contributed by atoms with Gasteiger partial charge in [0.05, 0.1) is 6.61 Å². The summed E-state index contributed by atoms with van der Waals surface area (Å²) in [4.78, 5) is 18.6. The predicted octanol–water partition coefficient (Wildman–Crippen LogP) is 1.37. The first-order valence-electron chi connectivity index (χ1n) is 8.96. The van der Waals surface area contributed by atoms with Gasteiger partial charge in [0.25, 0.3) is 0 Å². The van der Waals surface area contributed by atoms with Crippen molar-refractivity contribution in [1.29, 1.82) is 0 Å². The third kappa shape index (κ3) is 6.01. The number of guanidine groups is 1. The lowest BCUT2D eigenvalue weighted by Crippen LogP contribution is -2.42. The maximum Gasteiger partial charge on any atom is 0.221 e. The molecule has 6 heteroatoms. The first-order valence-corrected chi connectivity index (χ1v) is 8.96. The van der Waals surface area contributed by atoms with Crippen molar-refractivity contribution >= 4 is 11.9 Å². The van der Waals surface area contributed by atoms with Crippen molar-refractivity contribution in [3.8, 4) is 0 Å². The van der Waals surface area contributed by atoms with Crippen LogP contribution in [0.25, 0.3) is 0 Å². The van der Waals surface area contributed by atoms with E-state index >= 15 is 0 Å². The van der Waals surface area contributed by atoms with Gasteiger partial charge in [-0.1, -0.05) is 19.3 Å². The van der Waals surface area contributed by atoms with Crippen LogP contribution < -0.4 is 10.6 Å². The summed E-state index contributed by atoms with van der Waals surface area (Å²) in [7, 11) is 3.55. The number of carbonyl (C=O) groups excluding carboxylic acids is 1. The third-order valence-electron chi connectivity index (χ3n) is 4.81. The minimum Gasteiger partial charge on any atom is -0.384 e. The van der Waals surface area contributed by atoms with E-state index in [1.807, 2.05) is 0 Å². The summed E-state index contributed by atoms with van der Waals surface area (Å²) in [6, 6.07) is 0.393. The molecule has 1 aliphatic heterocycles. The normalized spacial score (nSPS) is 23.1. The molecule has 1 unspecified atom stereocenters. The fourth-order valence-electron chi connectivity index (χ4n) is 3.56. The zero-order valence-corrected chi connectivity index (χ0v) is 14.6. The minimum absolute atomic E-state index is 0.151. The molecular formula is C17H32N4O2. The van der Waals surface area contributed by atoms with E-state index in [1.165, 1.54) is 19.3 Å². The number of nitrogens with zero attached hydrogens (tertiary/aromatic N) is 2. The molecule has 1 saturated heterocycles. The molecule has 1 saturated carbocycles. The van der Waals surface area contributed by atoms with Crippen LogP contribution in [0.15, 0.2) is 4.99 Å². The predicted molar refractivity (Wildman–Crippen MR) is 92.6 cm³/mol. The lowest BCUT2D eigenvalue weighted by molar-refractivity contribution is -0.121. The first kappa shape index (κ1) is 18.0. The van der Waals surface area contributed by atoms with Crippen molar-refractivity contribution < 1.29 is 9.53 Å². The molecule has 2 fully saturated rings. The van der Waals surface area contributed by atoms with Crippen molar-refractivity contribution in [2.45, 2.75) is 51.0 Å². The SMILES string of the molecule is CN=C(NCCC(=O)NC1CCCCC1)N1CCC(COC)C1. The van der Waals surface area contributed by atoms with Crippen molar-refractivity contribution in [3.05, 3.63) is 0 Å². The zero-order valence-electron chi connectivity index (χ0n) is 14.6. The monoisotopic (exact) mass is 324 g/mol. The van der Waals surface area contributed by atoms with Crippen LogP contribution in [0, 0.1) is 5.92 Å². The molecule has 132 valence electrons. The molecule has 2 N–H and O–H groups in total. The molecule has 1 heterocycles. The molecule has 0 bridgehead atoms. The Morgan fingerprint density at radius 3 is 2.74 bits per heavy atom. The standard InChI is InChI=1S/C17H32N4O2/c1-18-17(21-11-9-14(12-21)13-23-2)19-10-8-16(22)20-15-6-4-3-5-7-15/h14-15H,3-13H2,1-2H3,(H,18,19)(H,20,22). The molecule has 1 aliphatic carbocycles. The number of carbonyl (C=O) groups is 1. The lowest BCUT2D eigenvalue weighted by Gasteiger charge is -2.24. The number of likely N-dealkylation sites (tertiary alicyclic amines) is 1. The molecule has 1 amide bonds. The number of rotatable bonds is 6. The average Bonchev–Trinajstić information content (AvgIpc) is 3.01. The Hall–Kier alpha value is -1.30. The molecule has 2 rings (SSSR count). The van der Waals surface area contributed by atoms with E-state index in [2.05, 4.69) is 20.5 Å². The maximum absolute atomic E-state index is 12.0. The molecule has 0 aromatic rings. The van der Waals surface area contributed by atoms with E-state index in [4.69, 9.17) is 4.74 Å². The van der Waals surface area contributed by atoms with E-state index in [1.54, 1.807) is 14.2 Å². The van der Waals surface area contributed by atoms with E-state index in [0.717, 1.165) is 44.9 Å². The molecule has 0 spiro atoms. The highest BCUT2D eigenvalue weighted by atomic mass is 16.5. The lowest BCUT2D eigenvalue weighted by atomic mass is 9.95. The highest BCUT2D eigenvalue weighted by Gasteiger charge is 2.24. The summed E-state index contributed by atoms with van der Waals surface area (Å²) in [5.74, 6) is 1.63. The second-order valence-electron chi connectivity index (χ2n) is 6.68. The summed E-state index contributed by atoms with van der Waals surface area (Å²) in [5, 5.41) is 6.47. The molecule has 1 atom stereocenters. The van der Waals surface area contributed by atoms with Gasteiger partial charge in [-0.15, -0.1) is 0 Å². The Morgan fingerprint density at radius 2 is 2.04 bits per heavy atom. The van der Waals surface area contributed by atoms with Gasteiger partial charge < -0.3 is 20.3 Å². The van der Waals surface area contributed by atoms with Crippen LogP contribution in [-0.2, 0) is 9.53 Å². The van der Waals surface area contributed by atoms with Crippen LogP contribution in [-0.4, -0.2) is 63.2 Å². The van der Waals surface area contributed by atoms with Gasteiger partial charge in [0.15, 0.2) is 5.96 Å². The van der Waals surface area contributed by atoms with Crippen LogP contribution in [0.5, 0.6) is 0 Å². The van der Waals surface area contributed by atoms with Crippen molar-refractivity contribution in [3.63, 3.8) is 0 Å². The van der Waals surface area contributed by atoms with E-state index in [0.29, 0.717) is 24.9 Å². The quantitative estimate of drug-likeness (QED) is 0.572. The van der Waals surface area contributed by atoms with E-state index in [-0.39, 0.29) is 5.91 Å². The number of hydrogen-bond donors (Lipinski definition) is 2. The molecule has 0 radical (unpaired) electrons. The van der Waals surface area contributed by atoms with Crippen LogP contribution in [0.2, 0.25) is 0 Å². The van der Waals surface area contributed by atoms with Gasteiger partial charge in [-0.05, 0) is 19.3 Å². The van der Waals surface area contributed by atoms with Crippen molar-refractivity contribution in [1.82, 2.24) is 15.5 Å². The third-order valence-corrected chi connectivity index (χ3v) is 4.81. The fraction of sp³-hybridized carbons (Fsp3) is 0.882. The van der Waals surface area contributed by atoms with Gasteiger partial charge in [0, 0.05) is 52.2 Å². The fourth-order valence-corrected chi connectivity index (χ4v) is 3.56. The van der Waals surface area contributed by atoms with Crippen LogP contribution in [0.3, 0.4) is 0 Å². The smallest absolute Gasteiger partial charge is 0.221 e. The topological polar surface area (TPSA) is 66.0 Å². The zero-order chi connectivity index (χ0) is 16.5. The van der Waals surface area contributed by atoms with Crippen LogP contribution >= 0.6 is 0 Å². The molecule has 0 aromatic carbocycles. The molecule has 0 aromatic heterocycles. The van der Waals surface area contributed by atoms with Gasteiger partial charge >= 0.3 is 0 Å². The second-order valence-corrected chi connectivity index (χ2v) is 6.68. The summed E-state index contributed by atoms with van der Waals surface area (Å²) < 4.78 is 5.23. The summed E-state index contributed by atoms with van der Waals surface area (Å²) in [6.45, 7) is 3.41. The Kier molecular flexibility index (Phi) is 7.65. The molecule has 2 aliphatic rings. The average molecular weight is 324 g/mol. The summed E-state index contributed by atoms with van der Waals surface area (Å²) in [6.07, 6.45) is 7.71. The largest absolute Gasteiger partial charge is 0.384 e. The Bertz CT molecular complexity index is 394. The van der Waals surface area contributed by atoms with E-state index in [9.17, 15) is 4.79 Å². The Labute approximate surface area is 140 Å². The first-order chi connectivity index (χ1) is 11.2. The van der Waals surface area contributed by atoms with Gasteiger partial charge in [-0.2, -0.15) is 0 Å². The molecule has 23 heavy (non-hydrogen) atoms. The molecular weight excluding hydrogens is 292 g/mol. The Balaban J connectivity index is 1.64. The highest BCUT2D eigenvalue weighted by Crippen LogP contribution is 2.17. The number of nitrogens with one attached hydrogen (secondary N) is 2. The van der Waals surface area contributed by atoms with Gasteiger partial charge in [-0.25, -0.2) is 0 Å². The number of amides is 1. The summed E-state index contributed by atoms with van der Waals surface area (Å²) in [5.41, 5.74) is 0. The van der Waals surface area contributed by atoms with Crippen LogP contribution in [0.4, 0.5) is 0 Å². The van der Waals surface area contributed by atoms with Crippen molar-refractivity contribution in [2.24, 2.45) is 10.9 Å². The van der Waals surface area contributed by atoms with Gasteiger partial charge in [0.1, 0.15) is 0 Å². The maximum atomic E-state index is 12.0. The minimum atomic E-state index is 0.151. The second kappa shape index (κ2) is 9.75. The van der Waals surface area contributed by atoms with Crippen LogP contribution in [0.1, 0.15) is 44.9 Å². The highest BCUT2D eigenvalue weighted by molar-refractivity contribution is 5.81. The summed E-state index contributed by atoms with van der Waals surface area (Å²) >= 11 is 0. The van der Waals surface area contributed by atoms with Crippen molar-refractivity contribution in [2.75, 3.05) is 40.4 Å². The number of ether oxygens (including phenoxy) is 1. The number of hydrogen-bond acceptors (Lipinski definition) is 3. The van der Waals surface area contributed by atoms with Gasteiger partial charge in [0.2, 0.25) is 5.91 Å². The Morgan fingerprint density at radius 1 is 1.26 bits per heavy atom. The number of aliphatic imine (C=N–C) groups is 1. The van der Waals surface area contributed by atoms with E-state index < -0.39 is 0 Å². The molecule has 6 nitrogen and oxygen atoms in total.